The maximum atomic E-state index is 12.0. The lowest BCUT2D eigenvalue weighted by atomic mass is 10.1. The van der Waals surface area contributed by atoms with Crippen molar-refractivity contribution in [1.29, 1.82) is 0 Å². The molecule has 104 valence electrons. The molecule has 1 aromatic carbocycles. The SMILES string of the molecule is [N-]=[N+]=CC(=O)C1CCCN1C(=O)OCc1ccccc1. The summed E-state index contributed by atoms with van der Waals surface area (Å²) in [5, 5.41) is 0. The van der Waals surface area contributed by atoms with E-state index in [1.807, 2.05) is 30.3 Å². The molecule has 1 aromatic rings. The zero-order valence-electron chi connectivity index (χ0n) is 10.9. The van der Waals surface area contributed by atoms with Crippen molar-refractivity contribution < 1.29 is 19.1 Å². The zero-order valence-corrected chi connectivity index (χ0v) is 10.9. The van der Waals surface area contributed by atoms with Crippen LogP contribution in [0, 0.1) is 0 Å². The molecule has 6 heteroatoms. The van der Waals surface area contributed by atoms with Crippen molar-refractivity contribution in [2.24, 2.45) is 0 Å². The van der Waals surface area contributed by atoms with E-state index in [1.165, 1.54) is 4.90 Å². The molecule has 0 radical (unpaired) electrons. The number of carbonyl (C=O) groups excluding carboxylic acids is 2. The fourth-order valence-corrected chi connectivity index (χ4v) is 2.23. The molecule has 1 aliphatic rings. The van der Waals surface area contributed by atoms with E-state index in [0.717, 1.165) is 18.2 Å². The van der Waals surface area contributed by atoms with Gasteiger partial charge in [-0.1, -0.05) is 30.3 Å². The number of ketones is 1. The van der Waals surface area contributed by atoms with Gasteiger partial charge in [-0.2, -0.15) is 4.79 Å². The minimum Gasteiger partial charge on any atom is -0.445 e. The standard InChI is InChI=1S/C14H15N3O3/c15-16-9-13(18)12-7-4-8-17(12)14(19)20-10-11-5-2-1-3-6-11/h1-3,5-6,9,12H,4,7-8,10H2. The van der Waals surface area contributed by atoms with Crippen molar-refractivity contribution in [1.82, 2.24) is 4.90 Å². The molecular weight excluding hydrogens is 258 g/mol. The predicted molar refractivity (Wildman–Crippen MR) is 71.0 cm³/mol. The number of hydrogen-bond acceptors (Lipinski definition) is 3. The second-order valence-corrected chi connectivity index (χ2v) is 4.54. The van der Waals surface area contributed by atoms with Crippen LogP contribution in [0.3, 0.4) is 0 Å². The van der Waals surface area contributed by atoms with Crippen molar-refractivity contribution in [2.75, 3.05) is 6.54 Å². The first kappa shape index (κ1) is 14.0. The van der Waals surface area contributed by atoms with Gasteiger partial charge in [0.05, 0.1) is 0 Å². The molecule has 1 saturated heterocycles. The van der Waals surface area contributed by atoms with Gasteiger partial charge < -0.3 is 10.3 Å². The average molecular weight is 273 g/mol. The van der Waals surface area contributed by atoms with E-state index in [0.29, 0.717) is 13.0 Å². The van der Waals surface area contributed by atoms with Crippen LogP contribution in [-0.2, 0) is 16.1 Å². The molecule has 0 aliphatic carbocycles. The van der Waals surface area contributed by atoms with Gasteiger partial charge in [0.2, 0.25) is 0 Å². The predicted octanol–water partition coefficient (Wildman–Crippen LogP) is 1.66. The number of hydrogen-bond donors (Lipinski definition) is 0. The highest BCUT2D eigenvalue weighted by molar-refractivity contribution is 6.28. The third-order valence-corrected chi connectivity index (χ3v) is 3.21. The molecular formula is C14H15N3O3. The van der Waals surface area contributed by atoms with Crippen molar-refractivity contribution in [3.05, 3.63) is 41.4 Å². The Morgan fingerprint density at radius 3 is 2.85 bits per heavy atom. The van der Waals surface area contributed by atoms with Crippen LogP contribution < -0.4 is 0 Å². The summed E-state index contributed by atoms with van der Waals surface area (Å²) in [5.74, 6) is -0.387. The Bertz CT molecular complexity index is 538. The van der Waals surface area contributed by atoms with E-state index in [2.05, 4.69) is 4.79 Å². The van der Waals surface area contributed by atoms with E-state index in [-0.39, 0.29) is 12.4 Å². The molecule has 6 nitrogen and oxygen atoms in total. The number of likely N-dealkylation sites (tertiary alicyclic amines) is 1. The van der Waals surface area contributed by atoms with Gasteiger partial charge in [0.25, 0.3) is 5.78 Å². The van der Waals surface area contributed by atoms with Crippen LogP contribution in [0.4, 0.5) is 4.79 Å². The summed E-state index contributed by atoms with van der Waals surface area (Å²) in [6.45, 7) is 0.647. The minimum absolute atomic E-state index is 0.172. The monoisotopic (exact) mass is 273 g/mol. The van der Waals surface area contributed by atoms with Crippen molar-refractivity contribution in [2.45, 2.75) is 25.5 Å². The first-order chi connectivity index (χ1) is 9.72. The maximum absolute atomic E-state index is 12.0. The molecule has 20 heavy (non-hydrogen) atoms. The van der Waals surface area contributed by atoms with Crippen molar-refractivity contribution in [3.63, 3.8) is 0 Å². The highest BCUT2D eigenvalue weighted by Crippen LogP contribution is 2.19. The molecule has 1 fully saturated rings. The molecule has 0 saturated carbocycles. The first-order valence-electron chi connectivity index (χ1n) is 6.41. The summed E-state index contributed by atoms with van der Waals surface area (Å²) >= 11 is 0. The van der Waals surface area contributed by atoms with Gasteiger partial charge in [-0.25, -0.2) is 4.79 Å². The molecule has 0 N–H and O–H groups in total. The van der Waals surface area contributed by atoms with Gasteiger partial charge in [0.1, 0.15) is 12.6 Å². The highest BCUT2D eigenvalue weighted by atomic mass is 16.6. The molecule has 0 spiro atoms. The molecule has 2 rings (SSSR count). The zero-order chi connectivity index (χ0) is 14.4. The largest absolute Gasteiger partial charge is 0.445 e. The fraction of sp³-hybridized carbons (Fsp3) is 0.357. The molecule has 1 atom stereocenters. The minimum atomic E-state index is -0.589. The van der Waals surface area contributed by atoms with Gasteiger partial charge in [-0.3, -0.25) is 9.69 Å². The highest BCUT2D eigenvalue weighted by Gasteiger charge is 2.35. The van der Waals surface area contributed by atoms with E-state index in [9.17, 15) is 9.59 Å². The summed E-state index contributed by atoms with van der Waals surface area (Å²) in [7, 11) is 0. The van der Waals surface area contributed by atoms with Crippen LogP contribution in [0.5, 0.6) is 0 Å². The number of carbonyl (C=O) groups is 2. The molecule has 0 aromatic heterocycles. The summed E-state index contributed by atoms with van der Waals surface area (Å²) in [4.78, 5) is 27.8. The normalized spacial score (nSPS) is 17.4. The summed E-state index contributed by atoms with van der Waals surface area (Å²) in [6, 6.07) is 8.74. The van der Waals surface area contributed by atoms with Crippen LogP contribution in [0.15, 0.2) is 30.3 Å². The van der Waals surface area contributed by atoms with Gasteiger partial charge in [0.15, 0.2) is 0 Å². The summed E-state index contributed by atoms with van der Waals surface area (Å²) in [6.07, 6.45) is 1.60. The number of ether oxygens (including phenoxy) is 1. The van der Waals surface area contributed by atoms with Gasteiger partial charge in [-0.05, 0) is 18.4 Å². The van der Waals surface area contributed by atoms with Crippen molar-refractivity contribution in [3.8, 4) is 0 Å². The first-order valence-corrected chi connectivity index (χ1v) is 6.41. The van der Waals surface area contributed by atoms with E-state index < -0.39 is 12.1 Å². The maximum Gasteiger partial charge on any atom is 0.410 e. The number of benzene rings is 1. The van der Waals surface area contributed by atoms with Crippen LogP contribution in [0.1, 0.15) is 18.4 Å². The van der Waals surface area contributed by atoms with Gasteiger partial charge in [0, 0.05) is 6.54 Å². The van der Waals surface area contributed by atoms with Crippen LogP contribution in [0.25, 0.3) is 5.53 Å². The number of amides is 1. The molecule has 1 amide bonds. The smallest absolute Gasteiger partial charge is 0.410 e. The topological polar surface area (TPSA) is 83.0 Å². The Labute approximate surface area is 116 Å². The summed E-state index contributed by atoms with van der Waals surface area (Å²) in [5.41, 5.74) is 9.28. The van der Waals surface area contributed by atoms with E-state index >= 15 is 0 Å². The second-order valence-electron chi connectivity index (χ2n) is 4.54. The Kier molecular flexibility index (Phi) is 4.63. The van der Waals surface area contributed by atoms with E-state index in [4.69, 9.17) is 10.3 Å². The molecule has 1 heterocycles. The molecule has 0 bridgehead atoms. The Morgan fingerprint density at radius 2 is 2.15 bits per heavy atom. The fourth-order valence-electron chi connectivity index (χ4n) is 2.23. The molecule has 1 unspecified atom stereocenters. The van der Waals surface area contributed by atoms with Gasteiger partial charge >= 0.3 is 12.3 Å². The van der Waals surface area contributed by atoms with Crippen molar-refractivity contribution >= 4 is 18.1 Å². The quantitative estimate of drug-likeness (QED) is 0.475. The lowest BCUT2D eigenvalue weighted by Gasteiger charge is -2.20. The third-order valence-electron chi connectivity index (χ3n) is 3.21. The van der Waals surface area contributed by atoms with Crippen LogP contribution in [-0.4, -0.2) is 40.4 Å². The number of Topliss-reactive ketones (excluding diaryl/α,β-unsaturated/α-hetero) is 1. The van der Waals surface area contributed by atoms with Crippen LogP contribution >= 0.6 is 0 Å². The number of rotatable bonds is 4. The number of nitrogens with zero attached hydrogens (tertiary/aromatic N) is 3. The third kappa shape index (κ3) is 3.30. The Morgan fingerprint density at radius 1 is 1.40 bits per heavy atom. The Hall–Kier alpha value is -2.46. The summed E-state index contributed by atoms with van der Waals surface area (Å²) < 4.78 is 5.20. The Balaban J connectivity index is 1.94. The lowest BCUT2D eigenvalue weighted by Crippen LogP contribution is -2.41. The lowest BCUT2D eigenvalue weighted by molar-refractivity contribution is -0.119. The van der Waals surface area contributed by atoms with Crippen LogP contribution in [0.2, 0.25) is 0 Å². The van der Waals surface area contributed by atoms with E-state index in [1.54, 1.807) is 0 Å². The van der Waals surface area contributed by atoms with Gasteiger partial charge in [-0.15, -0.1) is 0 Å². The second kappa shape index (κ2) is 6.63. The average Bonchev–Trinajstić information content (AvgIpc) is 2.96. The molecule has 1 aliphatic heterocycles.